The Morgan fingerprint density at radius 3 is 2.29 bits per heavy atom. The molecule has 1 atom stereocenters. The molecule has 0 aromatic carbocycles. The van der Waals surface area contributed by atoms with Gasteiger partial charge in [-0.25, -0.2) is 0 Å². The Morgan fingerprint density at radius 2 is 1.93 bits per heavy atom. The van der Waals surface area contributed by atoms with Crippen LogP contribution in [0.25, 0.3) is 0 Å². The lowest BCUT2D eigenvalue weighted by Crippen LogP contribution is -2.67. The molecule has 4 nitrogen and oxygen atoms in total. The minimum atomic E-state index is -0.623. The second-order valence-electron chi connectivity index (χ2n) is 4.36. The molecule has 4 heteroatoms. The third-order valence-corrected chi connectivity index (χ3v) is 3.12. The molecule has 0 aliphatic carbocycles. The van der Waals surface area contributed by atoms with Crippen molar-refractivity contribution in [3.8, 4) is 0 Å². The number of carbonyl (C=O) groups excluding carboxylic acids is 1. The zero-order valence-electron chi connectivity index (χ0n) is 9.28. The summed E-state index contributed by atoms with van der Waals surface area (Å²) in [6.45, 7) is 6.88. The molecule has 1 N–H and O–H groups in total. The largest absolute Gasteiger partial charge is 0.468 e. The topological polar surface area (TPSA) is 49.8 Å². The molecule has 0 radical (unpaired) electrons. The number of aliphatic hydroxyl groups is 1. The van der Waals surface area contributed by atoms with Crippen molar-refractivity contribution in [1.29, 1.82) is 0 Å². The summed E-state index contributed by atoms with van der Waals surface area (Å²) in [4.78, 5) is 13.1. The van der Waals surface area contributed by atoms with Crippen LogP contribution < -0.4 is 0 Å². The maximum absolute atomic E-state index is 11.2. The zero-order valence-corrected chi connectivity index (χ0v) is 9.28. The molecular weight excluding hydrogens is 182 g/mol. The number of carbonyl (C=O) groups is 1. The minimum Gasteiger partial charge on any atom is -0.468 e. The molecular formula is C10H19NO3. The quantitative estimate of drug-likeness (QED) is 0.665. The van der Waals surface area contributed by atoms with Gasteiger partial charge in [0.25, 0.3) is 0 Å². The SMILES string of the molecule is COC(=O)C(C)N1CC(O)(C(C)C)C1. The van der Waals surface area contributed by atoms with Gasteiger partial charge in [-0.15, -0.1) is 0 Å². The predicted octanol–water partition coefficient (Wildman–Crippen LogP) is 0.251. The molecule has 0 saturated carbocycles. The first kappa shape index (κ1) is 11.5. The van der Waals surface area contributed by atoms with E-state index in [1.54, 1.807) is 6.92 Å². The maximum atomic E-state index is 11.2. The summed E-state index contributed by atoms with van der Waals surface area (Å²) in [5.41, 5.74) is -0.623. The fourth-order valence-corrected chi connectivity index (χ4v) is 1.62. The van der Waals surface area contributed by atoms with Crippen molar-refractivity contribution in [2.24, 2.45) is 5.92 Å². The molecule has 1 heterocycles. The van der Waals surface area contributed by atoms with E-state index in [0.717, 1.165) is 0 Å². The first-order valence-corrected chi connectivity index (χ1v) is 4.95. The molecule has 1 aliphatic rings. The number of esters is 1. The Labute approximate surface area is 84.8 Å². The fourth-order valence-electron chi connectivity index (χ4n) is 1.62. The molecule has 1 unspecified atom stereocenters. The molecule has 0 bridgehead atoms. The van der Waals surface area contributed by atoms with Gasteiger partial charge in [0.1, 0.15) is 6.04 Å². The highest BCUT2D eigenvalue weighted by molar-refractivity contribution is 5.75. The van der Waals surface area contributed by atoms with Gasteiger partial charge in [0.05, 0.1) is 12.7 Å². The van der Waals surface area contributed by atoms with Crippen LogP contribution >= 0.6 is 0 Å². The second-order valence-corrected chi connectivity index (χ2v) is 4.36. The number of ether oxygens (including phenoxy) is 1. The van der Waals surface area contributed by atoms with Crippen molar-refractivity contribution in [3.63, 3.8) is 0 Å². The lowest BCUT2D eigenvalue weighted by molar-refractivity contribution is -0.167. The van der Waals surface area contributed by atoms with Crippen LogP contribution in [0.2, 0.25) is 0 Å². The summed E-state index contributed by atoms with van der Waals surface area (Å²) in [6, 6.07) is -0.251. The molecule has 0 aromatic rings. The number of rotatable bonds is 3. The van der Waals surface area contributed by atoms with Gasteiger partial charge in [0.2, 0.25) is 0 Å². The van der Waals surface area contributed by atoms with E-state index < -0.39 is 5.60 Å². The highest BCUT2D eigenvalue weighted by atomic mass is 16.5. The van der Waals surface area contributed by atoms with Gasteiger partial charge in [-0.2, -0.15) is 0 Å². The van der Waals surface area contributed by atoms with Crippen molar-refractivity contribution in [3.05, 3.63) is 0 Å². The Hall–Kier alpha value is -0.610. The molecule has 0 amide bonds. The van der Waals surface area contributed by atoms with E-state index in [-0.39, 0.29) is 17.9 Å². The van der Waals surface area contributed by atoms with Gasteiger partial charge in [-0.3, -0.25) is 9.69 Å². The normalized spacial score (nSPS) is 23.0. The van der Waals surface area contributed by atoms with Crippen molar-refractivity contribution in [2.75, 3.05) is 20.2 Å². The van der Waals surface area contributed by atoms with E-state index in [9.17, 15) is 9.90 Å². The van der Waals surface area contributed by atoms with Crippen LogP contribution in [0.3, 0.4) is 0 Å². The molecule has 14 heavy (non-hydrogen) atoms. The minimum absolute atomic E-state index is 0.226. The standard InChI is InChI=1S/C10H19NO3/c1-7(2)10(13)5-11(6-10)8(3)9(12)14-4/h7-8,13H,5-6H2,1-4H3. The Balaban J connectivity index is 2.44. The number of hydrogen-bond donors (Lipinski definition) is 1. The van der Waals surface area contributed by atoms with Crippen LogP contribution in [0, 0.1) is 5.92 Å². The van der Waals surface area contributed by atoms with Crippen LogP contribution in [0.4, 0.5) is 0 Å². The number of β-amino-alcohol motifs (C(OH)–C–C–N with tert-alkyl or cyclic N) is 1. The van der Waals surface area contributed by atoms with Crippen molar-refractivity contribution >= 4 is 5.97 Å². The molecule has 1 saturated heterocycles. The van der Waals surface area contributed by atoms with Gasteiger partial charge in [0, 0.05) is 13.1 Å². The lowest BCUT2D eigenvalue weighted by atomic mass is 9.82. The number of hydrogen-bond acceptors (Lipinski definition) is 4. The fraction of sp³-hybridized carbons (Fsp3) is 0.900. The highest BCUT2D eigenvalue weighted by Gasteiger charge is 2.46. The van der Waals surface area contributed by atoms with Crippen LogP contribution in [0.1, 0.15) is 20.8 Å². The first-order chi connectivity index (χ1) is 6.40. The van der Waals surface area contributed by atoms with Crippen LogP contribution in [-0.2, 0) is 9.53 Å². The number of nitrogens with zero attached hydrogens (tertiary/aromatic N) is 1. The van der Waals surface area contributed by atoms with E-state index in [1.165, 1.54) is 7.11 Å². The predicted molar refractivity (Wildman–Crippen MR) is 52.8 cm³/mol. The third kappa shape index (κ3) is 1.91. The third-order valence-electron chi connectivity index (χ3n) is 3.12. The molecule has 82 valence electrons. The molecule has 0 spiro atoms. The number of likely N-dealkylation sites (tertiary alicyclic amines) is 1. The average molecular weight is 201 g/mol. The molecule has 1 rings (SSSR count). The maximum Gasteiger partial charge on any atom is 0.322 e. The van der Waals surface area contributed by atoms with Crippen molar-refractivity contribution in [2.45, 2.75) is 32.4 Å². The van der Waals surface area contributed by atoms with Crippen LogP contribution in [0.5, 0.6) is 0 Å². The average Bonchev–Trinajstić information content (AvgIpc) is 2.10. The molecule has 0 aromatic heterocycles. The van der Waals surface area contributed by atoms with E-state index >= 15 is 0 Å². The van der Waals surface area contributed by atoms with Crippen molar-refractivity contribution < 1.29 is 14.6 Å². The lowest BCUT2D eigenvalue weighted by Gasteiger charge is -2.50. The van der Waals surface area contributed by atoms with Gasteiger partial charge in [-0.05, 0) is 12.8 Å². The monoisotopic (exact) mass is 201 g/mol. The summed E-state index contributed by atoms with van der Waals surface area (Å²) in [5.74, 6) is -0.0144. The zero-order chi connectivity index (χ0) is 10.9. The Morgan fingerprint density at radius 1 is 1.43 bits per heavy atom. The number of methoxy groups -OCH3 is 1. The summed E-state index contributed by atoms with van der Waals surface area (Å²) in [5, 5.41) is 9.97. The van der Waals surface area contributed by atoms with E-state index in [1.807, 2.05) is 18.7 Å². The van der Waals surface area contributed by atoms with Gasteiger partial charge >= 0.3 is 5.97 Å². The van der Waals surface area contributed by atoms with Crippen LogP contribution in [-0.4, -0.2) is 47.8 Å². The van der Waals surface area contributed by atoms with E-state index in [0.29, 0.717) is 13.1 Å². The highest BCUT2D eigenvalue weighted by Crippen LogP contribution is 2.30. The van der Waals surface area contributed by atoms with E-state index in [2.05, 4.69) is 4.74 Å². The van der Waals surface area contributed by atoms with Crippen LogP contribution in [0.15, 0.2) is 0 Å². The summed E-state index contributed by atoms with van der Waals surface area (Å²) < 4.78 is 4.64. The summed E-state index contributed by atoms with van der Waals surface area (Å²) in [7, 11) is 1.38. The first-order valence-electron chi connectivity index (χ1n) is 4.95. The summed E-state index contributed by atoms with van der Waals surface area (Å²) in [6.07, 6.45) is 0. The Kier molecular flexibility index (Phi) is 3.17. The van der Waals surface area contributed by atoms with Gasteiger partial charge in [0.15, 0.2) is 0 Å². The Bertz CT molecular complexity index is 221. The van der Waals surface area contributed by atoms with Crippen molar-refractivity contribution in [1.82, 2.24) is 4.90 Å². The smallest absolute Gasteiger partial charge is 0.322 e. The van der Waals surface area contributed by atoms with Gasteiger partial charge in [-0.1, -0.05) is 13.8 Å². The molecule has 1 aliphatic heterocycles. The summed E-state index contributed by atoms with van der Waals surface area (Å²) >= 11 is 0. The van der Waals surface area contributed by atoms with E-state index in [4.69, 9.17) is 0 Å². The van der Waals surface area contributed by atoms with Gasteiger partial charge < -0.3 is 9.84 Å². The second kappa shape index (κ2) is 3.87. The molecule has 1 fully saturated rings.